The Bertz CT molecular complexity index is 1290. The van der Waals surface area contributed by atoms with Crippen LogP contribution in [0.2, 0.25) is 0 Å². The van der Waals surface area contributed by atoms with Gasteiger partial charge in [-0.3, -0.25) is 4.79 Å². The number of aryl methyl sites for hydroxylation is 1. The number of hydrogen-bond donors (Lipinski definition) is 2. The summed E-state index contributed by atoms with van der Waals surface area (Å²) < 4.78 is 97.4. The van der Waals surface area contributed by atoms with E-state index < -0.39 is 43.6 Å². The first-order valence-corrected chi connectivity index (χ1v) is 13.5. The second-order valence-electron chi connectivity index (χ2n) is 7.68. The summed E-state index contributed by atoms with van der Waals surface area (Å²) in [5.41, 5.74) is -0.836. The molecule has 2 aromatic rings. The quantitative estimate of drug-likeness (QED) is 0.545. The third-order valence-corrected chi connectivity index (χ3v) is 8.65. The zero-order valence-corrected chi connectivity index (χ0v) is 20.4. The number of amides is 1. The van der Waals surface area contributed by atoms with Gasteiger partial charge < -0.3 is 9.73 Å². The number of benzene rings is 1. The lowest BCUT2D eigenvalue weighted by Crippen LogP contribution is -2.45. The molecule has 0 bridgehead atoms. The van der Waals surface area contributed by atoms with Crippen molar-refractivity contribution in [2.75, 3.05) is 37.2 Å². The van der Waals surface area contributed by atoms with Crippen molar-refractivity contribution in [1.82, 2.24) is 18.3 Å². The van der Waals surface area contributed by atoms with E-state index in [0.29, 0.717) is 5.56 Å². The van der Waals surface area contributed by atoms with Gasteiger partial charge in [-0.1, -0.05) is 6.07 Å². The second kappa shape index (κ2) is 10.1. The molecule has 0 atom stereocenters. The van der Waals surface area contributed by atoms with E-state index in [1.54, 1.807) is 6.92 Å². The minimum Gasteiger partial charge on any atom is -0.431 e. The largest absolute Gasteiger partial charge is 0.431 e. The molecule has 1 aromatic heterocycles. The summed E-state index contributed by atoms with van der Waals surface area (Å²) >= 11 is 0. The lowest BCUT2D eigenvalue weighted by Gasteiger charge is -2.21. The van der Waals surface area contributed by atoms with E-state index in [4.69, 9.17) is 4.42 Å². The van der Waals surface area contributed by atoms with E-state index in [2.05, 4.69) is 10.3 Å². The Balaban J connectivity index is 1.68. The highest BCUT2D eigenvalue weighted by Gasteiger charge is 2.32. The van der Waals surface area contributed by atoms with Crippen molar-refractivity contribution in [3.63, 3.8) is 0 Å². The van der Waals surface area contributed by atoms with Crippen LogP contribution < -0.4 is 10.0 Å². The number of carbonyl (C=O) groups excluding carboxylic acids is 1. The molecule has 0 radical (unpaired) electrons. The molecule has 1 aliphatic heterocycles. The standard InChI is InChI=1S/C19H24F3N5O6S2/c1-3-34(29,30)26-7-4-8-27(10-9-26)35(31,32)25-17(28)16-12-33-18(24-16)23-15-11-14(19(20,21)22)6-5-13(15)2/h5-6,11-12H,3-4,7-10H2,1-2H3,(H,23,24)(H,25,28). The van der Waals surface area contributed by atoms with Gasteiger partial charge in [0, 0.05) is 31.9 Å². The van der Waals surface area contributed by atoms with Crippen molar-refractivity contribution in [2.45, 2.75) is 26.4 Å². The number of carbonyl (C=O) groups is 1. The van der Waals surface area contributed by atoms with E-state index in [1.165, 1.54) is 17.3 Å². The van der Waals surface area contributed by atoms with Gasteiger partial charge in [0.15, 0.2) is 5.69 Å². The smallest absolute Gasteiger partial charge is 0.416 e. The van der Waals surface area contributed by atoms with Gasteiger partial charge in [-0.15, -0.1) is 0 Å². The average Bonchev–Trinajstić information content (AvgIpc) is 3.07. The number of aromatic nitrogens is 1. The van der Waals surface area contributed by atoms with Gasteiger partial charge in [0.2, 0.25) is 10.0 Å². The summed E-state index contributed by atoms with van der Waals surface area (Å²) in [5, 5.41) is 2.54. The molecule has 1 aromatic carbocycles. The Labute approximate surface area is 200 Å². The van der Waals surface area contributed by atoms with Crippen LogP contribution in [0.5, 0.6) is 0 Å². The summed E-state index contributed by atoms with van der Waals surface area (Å²) in [6.07, 6.45) is -3.47. The maximum atomic E-state index is 13.0. The fourth-order valence-electron chi connectivity index (χ4n) is 3.29. The molecule has 2 N–H and O–H groups in total. The molecule has 1 saturated heterocycles. The fourth-order valence-corrected chi connectivity index (χ4v) is 5.58. The zero-order valence-electron chi connectivity index (χ0n) is 18.8. The van der Waals surface area contributed by atoms with Crippen LogP contribution in [0.25, 0.3) is 0 Å². The maximum absolute atomic E-state index is 13.0. The highest BCUT2D eigenvalue weighted by atomic mass is 32.2. The number of anilines is 2. The number of sulfonamides is 1. The first-order chi connectivity index (χ1) is 16.2. The minimum absolute atomic E-state index is 0.00120. The van der Waals surface area contributed by atoms with Crippen LogP contribution in [-0.2, 0) is 26.4 Å². The molecule has 35 heavy (non-hydrogen) atoms. The van der Waals surface area contributed by atoms with Crippen LogP contribution in [0.1, 0.15) is 35.0 Å². The average molecular weight is 540 g/mol. The van der Waals surface area contributed by atoms with E-state index in [-0.39, 0.29) is 50.1 Å². The summed E-state index contributed by atoms with van der Waals surface area (Å²) in [6, 6.07) is 2.71. The molecule has 11 nitrogen and oxygen atoms in total. The number of nitrogens with one attached hydrogen (secondary N) is 2. The molecule has 16 heteroatoms. The topological polar surface area (TPSA) is 142 Å². The summed E-state index contributed by atoms with van der Waals surface area (Å²) in [4.78, 5) is 16.3. The number of rotatable bonds is 7. The van der Waals surface area contributed by atoms with Gasteiger partial charge >= 0.3 is 16.4 Å². The van der Waals surface area contributed by atoms with Crippen LogP contribution in [0.4, 0.5) is 24.9 Å². The van der Waals surface area contributed by atoms with Crippen molar-refractivity contribution in [2.24, 2.45) is 0 Å². The summed E-state index contributed by atoms with van der Waals surface area (Å²) in [5.74, 6) is -1.23. The second-order valence-corrected chi connectivity index (χ2v) is 11.6. The highest BCUT2D eigenvalue weighted by Crippen LogP contribution is 2.33. The van der Waals surface area contributed by atoms with Crippen molar-refractivity contribution in [1.29, 1.82) is 0 Å². The monoisotopic (exact) mass is 539 g/mol. The van der Waals surface area contributed by atoms with Gasteiger partial charge in [-0.2, -0.15) is 30.9 Å². The molecule has 1 aliphatic rings. The molecule has 2 heterocycles. The van der Waals surface area contributed by atoms with Gasteiger partial charge in [0.1, 0.15) is 6.26 Å². The number of halogens is 3. The van der Waals surface area contributed by atoms with Crippen LogP contribution >= 0.6 is 0 Å². The Kier molecular flexibility index (Phi) is 7.78. The molecule has 194 valence electrons. The molecular weight excluding hydrogens is 515 g/mol. The number of hydrogen-bond acceptors (Lipinski definition) is 8. The summed E-state index contributed by atoms with van der Waals surface area (Å²) in [6.45, 7) is 2.99. The predicted molar refractivity (Wildman–Crippen MR) is 120 cm³/mol. The van der Waals surface area contributed by atoms with Crippen LogP contribution in [-0.4, -0.2) is 68.3 Å². The van der Waals surface area contributed by atoms with Gasteiger partial charge in [-0.05, 0) is 38.0 Å². The molecule has 3 rings (SSSR count). The van der Waals surface area contributed by atoms with Crippen molar-refractivity contribution < 1.29 is 39.2 Å². The Morgan fingerprint density at radius 3 is 2.43 bits per heavy atom. The predicted octanol–water partition coefficient (Wildman–Crippen LogP) is 2.08. The van der Waals surface area contributed by atoms with Crippen LogP contribution in [0.15, 0.2) is 28.9 Å². The van der Waals surface area contributed by atoms with Crippen LogP contribution in [0, 0.1) is 6.92 Å². The lowest BCUT2D eigenvalue weighted by molar-refractivity contribution is -0.137. The highest BCUT2D eigenvalue weighted by molar-refractivity contribution is 7.89. The van der Waals surface area contributed by atoms with Crippen molar-refractivity contribution in [3.05, 3.63) is 41.3 Å². The first kappa shape index (κ1) is 26.9. The number of nitrogens with zero attached hydrogens (tertiary/aromatic N) is 3. The molecule has 1 fully saturated rings. The normalized spacial score (nSPS) is 16.6. The Hall–Kier alpha value is -2.69. The van der Waals surface area contributed by atoms with Gasteiger partial charge in [0.25, 0.3) is 11.9 Å². The van der Waals surface area contributed by atoms with E-state index >= 15 is 0 Å². The van der Waals surface area contributed by atoms with Crippen molar-refractivity contribution in [3.8, 4) is 0 Å². The Morgan fingerprint density at radius 2 is 1.77 bits per heavy atom. The minimum atomic E-state index is -4.56. The third-order valence-electron chi connectivity index (χ3n) is 5.28. The molecule has 0 unspecified atom stereocenters. The van der Waals surface area contributed by atoms with Crippen molar-refractivity contribution >= 4 is 37.8 Å². The van der Waals surface area contributed by atoms with Crippen LogP contribution in [0.3, 0.4) is 0 Å². The fraction of sp³-hybridized carbons (Fsp3) is 0.474. The lowest BCUT2D eigenvalue weighted by atomic mass is 10.1. The first-order valence-electron chi connectivity index (χ1n) is 10.4. The third kappa shape index (κ3) is 6.50. The van der Waals surface area contributed by atoms with Gasteiger partial charge in [0.05, 0.1) is 11.3 Å². The maximum Gasteiger partial charge on any atom is 0.416 e. The zero-order chi connectivity index (χ0) is 26.0. The van der Waals surface area contributed by atoms with E-state index in [1.807, 2.05) is 4.72 Å². The number of oxazole rings is 1. The Morgan fingerprint density at radius 1 is 1.11 bits per heavy atom. The molecule has 0 spiro atoms. The summed E-state index contributed by atoms with van der Waals surface area (Å²) in [7, 11) is -7.81. The molecule has 1 amide bonds. The van der Waals surface area contributed by atoms with E-state index in [0.717, 1.165) is 22.7 Å². The molecule has 0 aliphatic carbocycles. The van der Waals surface area contributed by atoms with Gasteiger partial charge in [-0.25, -0.2) is 17.4 Å². The molecule has 0 saturated carbocycles. The molecular formula is C19H24F3N5O6S2. The van der Waals surface area contributed by atoms with E-state index in [9.17, 15) is 34.8 Å². The SMILES string of the molecule is CCS(=O)(=O)N1CCCN(S(=O)(=O)NC(=O)c2coc(Nc3cc(C(F)(F)F)ccc3C)n2)CC1. The number of alkyl halides is 3.